The van der Waals surface area contributed by atoms with Crippen LogP contribution in [0.4, 0.5) is 5.69 Å². The number of aryl methyl sites for hydroxylation is 1. The summed E-state index contributed by atoms with van der Waals surface area (Å²) in [5.74, 6) is 1.01. The van der Waals surface area contributed by atoms with E-state index >= 15 is 0 Å². The van der Waals surface area contributed by atoms with Crippen molar-refractivity contribution in [3.05, 3.63) is 29.8 Å². The molecule has 0 aliphatic carbocycles. The van der Waals surface area contributed by atoms with Gasteiger partial charge in [-0.25, -0.2) is 0 Å². The summed E-state index contributed by atoms with van der Waals surface area (Å²) < 4.78 is 0. The van der Waals surface area contributed by atoms with E-state index in [1.807, 2.05) is 0 Å². The van der Waals surface area contributed by atoms with E-state index < -0.39 is 0 Å². The van der Waals surface area contributed by atoms with Crippen LogP contribution in [0.1, 0.15) is 31.7 Å². The van der Waals surface area contributed by atoms with Crippen LogP contribution in [0.5, 0.6) is 0 Å². The Morgan fingerprint density at radius 2 is 1.75 bits per heavy atom. The summed E-state index contributed by atoms with van der Waals surface area (Å²) in [6.45, 7) is 3.33. The van der Waals surface area contributed by atoms with E-state index in [1.54, 1.807) is 0 Å². The van der Waals surface area contributed by atoms with Crippen molar-refractivity contribution in [2.24, 2.45) is 0 Å². The summed E-state index contributed by atoms with van der Waals surface area (Å²) in [4.78, 5) is 2.33. The van der Waals surface area contributed by atoms with Crippen LogP contribution >= 0.6 is 12.6 Å². The molecule has 0 unspecified atom stereocenters. The first kappa shape index (κ1) is 13.4. The first-order valence-corrected chi connectivity index (χ1v) is 6.82. The predicted molar refractivity (Wildman–Crippen MR) is 76.8 cm³/mol. The van der Waals surface area contributed by atoms with E-state index in [0.717, 1.165) is 18.7 Å². The highest BCUT2D eigenvalue weighted by Gasteiger charge is 1.99. The fraction of sp³-hybridized carbons (Fsp3) is 0.571. The summed E-state index contributed by atoms with van der Waals surface area (Å²) in [5, 5.41) is 0. The van der Waals surface area contributed by atoms with Crippen molar-refractivity contribution in [2.75, 3.05) is 24.2 Å². The first-order chi connectivity index (χ1) is 7.77. The largest absolute Gasteiger partial charge is 0.375 e. The molecule has 0 saturated carbocycles. The number of nitrogens with zero attached hydrogens (tertiary/aromatic N) is 1. The van der Waals surface area contributed by atoms with Gasteiger partial charge in [-0.1, -0.05) is 25.5 Å². The van der Waals surface area contributed by atoms with E-state index in [-0.39, 0.29) is 0 Å². The second-order valence-electron chi connectivity index (χ2n) is 4.23. The van der Waals surface area contributed by atoms with E-state index in [0.29, 0.717) is 0 Å². The summed E-state index contributed by atoms with van der Waals surface area (Å²) in [6.07, 6.45) is 4.88. The minimum absolute atomic E-state index is 1.01. The molecule has 0 aliphatic heterocycles. The summed E-state index contributed by atoms with van der Waals surface area (Å²) >= 11 is 4.22. The van der Waals surface area contributed by atoms with Crippen molar-refractivity contribution in [3.63, 3.8) is 0 Å². The second kappa shape index (κ2) is 7.61. The number of hydrogen-bond donors (Lipinski definition) is 1. The molecule has 0 bridgehead atoms. The maximum atomic E-state index is 4.22. The van der Waals surface area contributed by atoms with E-state index in [1.165, 1.54) is 30.5 Å². The van der Waals surface area contributed by atoms with Crippen LogP contribution < -0.4 is 4.90 Å². The van der Waals surface area contributed by atoms with Gasteiger partial charge >= 0.3 is 0 Å². The number of rotatable bonds is 7. The highest BCUT2D eigenvalue weighted by atomic mass is 32.1. The monoisotopic (exact) mass is 237 g/mol. The molecule has 1 nitrogen and oxygen atoms in total. The normalized spacial score (nSPS) is 10.4. The lowest BCUT2D eigenvalue weighted by molar-refractivity contribution is 0.710. The Morgan fingerprint density at radius 3 is 2.31 bits per heavy atom. The fourth-order valence-corrected chi connectivity index (χ4v) is 1.98. The standard InChI is InChI=1S/C14H23NS/c1-3-13-7-9-14(10-8-13)15(2)11-5-4-6-12-16/h7-10,16H,3-6,11-12H2,1-2H3. The molecule has 90 valence electrons. The van der Waals surface area contributed by atoms with Gasteiger partial charge in [0.1, 0.15) is 0 Å². The summed E-state index contributed by atoms with van der Waals surface area (Å²) in [7, 11) is 2.17. The van der Waals surface area contributed by atoms with Crippen LogP contribution in [-0.2, 0) is 6.42 Å². The molecule has 16 heavy (non-hydrogen) atoms. The van der Waals surface area contributed by atoms with Gasteiger partial charge in [-0.15, -0.1) is 0 Å². The number of unbranched alkanes of at least 4 members (excludes halogenated alkanes) is 2. The zero-order valence-corrected chi connectivity index (χ0v) is 11.3. The van der Waals surface area contributed by atoms with Gasteiger partial charge in [0.15, 0.2) is 0 Å². The minimum atomic E-state index is 1.01. The van der Waals surface area contributed by atoms with Gasteiger partial charge in [-0.2, -0.15) is 12.6 Å². The summed E-state index contributed by atoms with van der Waals surface area (Å²) in [6, 6.07) is 8.88. The Labute approximate surface area is 105 Å². The SMILES string of the molecule is CCc1ccc(N(C)CCCCCS)cc1. The van der Waals surface area contributed by atoms with Gasteiger partial charge in [0, 0.05) is 19.3 Å². The molecular weight excluding hydrogens is 214 g/mol. The van der Waals surface area contributed by atoms with Crippen LogP contribution in [0, 0.1) is 0 Å². The minimum Gasteiger partial charge on any atom is -0.375 e. The van der Waals surface area contributed by atoms with Crippen LogP contribution in [0.3, 0.4) is 0 Å². The van der Waals surface area contributed by atoms with Gasteiger partial charge in [-0.05, 0) is 42.7 Å². The molecule has 0 N–H and O–H groups in total. The van der Waals surface area contributed by atoms with Crippen LogP contribution in [0.2, 0.25) is 0 Å². The fourth-order valence-electron chi connectivity index (χ4n) is 1.75. The molecule has 0 radical (unpaired) electrons. The van der Waals surface area contributed by atoms with E-state index in [9.17, 15) is 0 Å². The van der Waals surface area contributed by atoms with E-state index in [2.05, 4.69) is 55.8 Å². The number of thiol groups is 1. The first-order valence-electron chi connectivity index (χ1n) is 6.19. The maximum Gasteiger partial charge on any atom is 0.0363 e. The third kappa shape index (κ3) is 4.48. The molecule has 1 rings (SSSR count). The Kier molecular flexibility index (Phi) is 6.39. The van der Waals surface area contributed by atoms with Crippen molar-refractivity contribution < 1.29 is 0 Å². The quantitative estimate of drug-likeness (QED) is 0.558. The lowest BCUT2D eigenvalue weighted by atomic mass is 10.1. The van der Waals surface area contributed by atoms with Crippen LogP contribution in [0.15, 0.2) is 24.3 Å². The second-order valence-corrected chi connectivity index (χ2v) is 4.67. The van der Waals surface area contributed by atoms with Crippen molar-refractivity contribution in [2.45, 2.75) is 32.6 Å². The van der Waals surface area contributed by atoms with Crippen molar-refractivity contribution in [3.8, 4) is 0 Å². The third-order valence-corrected chi connectivity index (χ3v) is 3.25. The van der Waals surface area contributed by atoms with Crippen LogP contribution in [0.25, 0.3) is 0 Å². The van der Waals surface area contributed by atoms with E-state index in [4.69, 9.17) is 0 Å². The Hall–Kier alpha value is -0.630. The molecule has 0 saturated heterocycles. The number of hydrogen-bond acceptors (Lipinski definition) is 2. The highest BCUT2D eigenvalue weighted by molar-refractivity contribution is 7.80. The summed E-state index contributed by atoms with van der Waals surface area (Å²) in [5.41, 5.74) is 2.73. The van der Waals surface area contributed by atoms with Gasteiger partial charge in [0.2, 0.25) is 0 Å². The average Bonchev–Trinajstić information content (AvgIpc) is 2.34. The molecule has 0 spiro atoms. The Balaban J connectivity index is 2.37. The van der Waals surface area contributed by atoms with Crippen molar-refractivity contribution in [1.29, 1.82) is 0 Å². The highest BCUT2D eigenvalue weighted by Crippen LogP contribution is 2.14. The van der Waals surface area contributed by atoms with Gasteiger partial charge in [0.25, 0.3) is 0 Å². The lowest BCUT2D eigenvalue weighted by Gasteiger charge is -2.19. The Bertz CT molecular complexity index is 281. The number of anilines is 1. The zero-order valence-electron chi connectivity index (χ0n) is 10.4. The smallest absolute Gasteiger partial charge is 0.0363 e. The molecule has 1 aromatic carbocycles. The van der Waals surface area contributed by atoms with Gasteiger partial charge < -0.3 is 4.90 Å². The zero-order chi connectivity index (χ0) is 11.8. The maximum absolute atomic E-state index is 4.22. The molecule has 0 fully saturated rings. The average molecular weight is 237 g/mol. The van der Waals surface area contributed by atoms with Crippen LogP contribution in [-0.4, -0.2) is 19.3 Å². The van der Waals surface area contributed by atoms with Gasteiger partial charge in [-0.3, -0.25) is 0 Å². The molecular formula is C14H23NS. The number of benzene rings is 1. The Morgan fingerprint density at radius 1 is 1.06 bits per heavy atom. The van der Waals surface area contributed by atoms with Crippen molar-refractivity contribution in [1.82, 2.24) is 0 Å². The van der Waals surface area contributed by atoms with Crippen molar-refractivity contribution >= 4 is 18.3 Å². The lowest BCUT2D eigenvalue weighted by Crippen LogP contribution is -2.18. The third-order valence-electron chi connectivity index (χ3n) is 2.94. The molecule has 0 aromatic heterocycles. The van der Waals surface area contributed by atoms with Gasteiger partial charge in [0.05, 0.1) is 0 Å². The molecule has 0 atom stereocenters. The predicted octanol–water partition coefficient (Wildman–Crippen LogP) is 3.79. The molecule has 2 heteroatoms. The molecule has 0 amide bonds. The molecule has 0 aliphatic rings. The topological polar surface area (TPSA) is 3.24 Å². The molecule has 1 aromatic rings. The molecule has 0 heterocycles.